The molecule has 0 N–H and O–H groups in total. The fourth-order valence-corrected chi connectivity index (χ4v) is 3.93. The summed E-state index contributed by atoms with van der Waals surface area (Å²) < 4.78 is 5.62. The molecule has 0 saturated carbocycles. The Kier molecular flexibility index (Phi) is 6.03. The second-order valence-electron chi connectivity index (χ2n) is 7.87. The molecule has 1 fully saturated rings. The van der Waals surface area contributed by atoms with Gasteiger partial charge >= 0.3 is 0 Å². The fraction of sp³-hybridized carbons (Fsp3) is 0.320. The molecule has 1 aromatic heterocycles. The predicted octanol–water partition coefficient (Wildman–Crippen LogP) is 3.84. The molecule has 158 valence electrons. The van der Waals surface area contributed by atoms with Crippen LogP contribution in [0.3, 0.4) is 0 Å². The third-order valence-corrected chi connectivity index (χ3v) is 5.87. The van der Waals surface area contributed by atoms with Crippen molar-refractivity contribution in [3.05, 3.63) is 65.2 Å². The Morgan fingerprint density at radius 1 is 1.10 bits per heavy atom. The highest BCUT2D eigenvalue weighted by Gasteiger charge is 2.22. The lowest BCUT2D eigenvalue weighted by atomic mass is 10.0. The molecule has 1 amide bonds. The van der Waals surface area contributed by atoms with Gasteiger partial charge in [0.1, 0.15) is 17.6 Å². The number of pyridine rings is 1. The second-order valence-corrected chi connectivity index (χ2v) is 7.87. The number of anilines is 1. The molecule has 0 aliphatic carbocycles. The predicted molar refractivity (Wildman–Crippen MR) is 121 cm³/mol. The Balaban J connectivity index is 1.49. The summed E-state index contributed by atoms with van der Waals surface area (Å²) in [7, 11) is 0. The first kappa shape index (κ1) is 20.7. The summed E-state index contributed by atoms with van der Waals surface area (Å²) >= 11 is 0. The van der Waals surface area contributed by atoms with Gasteiger partial charge < -0.3 is 14.5 Å². The van der Waals surface area contributed by atoms with E-state index < -0.39 is 0 Å². The second kappa shape index (κ2) is 9.05. The lowest BCUT2D eigenvalue weighted by molar-refractivity contribution is -0.133. The maximum atomic E-state index is 12.7. The van der Waals surface area contributed by atoms with E-state index in [4.69, 9.17) is 9.72 Å². The quantitative estimate of drug-likeness (QED) is 0.649. The first-order valence-corrected chi connectivity index (χ1v) is 10.6. The van der Waals surface area contributed by atoms with Crippen molar-refractivity contribution in [2.24, 2.45) is 0 Å². The van der Waals surface area contributed by atoms with E-state index >= 15 is 0 Å². The summed E-state index contributed by atoms with van der Waals surface area (Å²) in [5.74, 6) is 1.37. The SMILES string of the molecule is Cc1ccc2cc(C#N)c(N3CCCN(C(=O)COc4ccccc4)CC3)nc2c1C. The fourth-order valence-electron chi connectivity index (χ4n) is 3.93. The van der Waals surface area contributed by atoms with E-state index in [9.17, 15) is 10.1 Å². The number of nitriles is 1. The number of carbonyl (C=O) groups excluding carboxylic acids is 1. The molecule has 2 heterocycles. The molecule has 1 aliphatic rings. The van der Waals surface area contributed by atoms with Crippen molar-refractivity contribution in [3.63, 3.8) is 0 Å². The van der Waals surface area contributed by atoms with Crippen LogP contribution in [0.5, 0.6) is 5.75 Å². The van der Waals surface area contributed by atoms with Gasteiger partial charge in [0.2, 0.25) is 0 Å². The van der Waals surface area contributed by atoms with Crippen molar-refractivity contribution in [1.82, 2.24) is 9.88 Å². The topological polar surface area (TPSA) is 69.5 Å². The Labute approximate surface area is 182 Å². The first-order valence-electron chi connectivity index (χ1n) is 10.6. The maximum absolute atomic E-state index is 12.7. The number of para-hydroxylation sites is 1. The molecule has 1 saturated heterocycles. The third-order valence-electron chi connectivity index (χ3n) is 5.87. The Morgan fingerprint density at radius 3 is 2.68 bits per heavy atom. The Hall–Kier alpha value is -3.59. The molecule has 0 bridgehead atoms. The highest BCUT2D eigenvalue weighted by Crippen LogP contribution is 2.27. The number of hydrogen-bond donors (Lipinski definition) is 0. The molecule has 2 aromatic carbocycles. The van der Waals surface area contributed by atoms with E-state index in [2.05, 4.69) is 30.9 Å². The lowest BCUT2D eigenvalue weighted by Gasteiger charge is -2.24. The van der Waals surface area contributed by atoms with Crippen molar-refractivity contribution in [2.75, 3.05) is 37.7 Å². The van der Waals surface area contributed by atoms with Gasteiger partial charge in [0.25, 0.3) is 5.91 Å². The number of nitrogens with zero attached hydrogens (tertiary/aromatic N) is 4. The monoisotopic (exact) mass is 414 g/mol. The summed E-state index contributed by atoms with van der Waals surface area (Å²) in [5.41, 5.74) is 3.82. The van der Waals surface area contributed by atoms with Crippen LogP contribution < -0.4 is 9.64 Å². The number of ether oxygens (including phenoxy) is 1. The molecule has 0 radical (unpaired) electrons. The molecule has 6 heteroatoms. The number of hydrogen-bond acceptors (Lipinski definition) is 5. The zero-order valence-corrected chi connectivity index (χ0v) is 18.0. The lowest BCUT2D eigenvalue weighted by Crippen LogP contribution is -2.38. The van der Waals surface area contributed by atoms with Gasteiger partial charge in [-0.05, 0) is 49.6 Å². The van der Waals surface area contributed by atoms with Gasteiger partial charge in [-0.25, -0.2) is 4.98 Å². The van der Waals surface area contributed by atoms with Crippen molar-refractivity contribution in [1.29, 1.82) is 5.26 Å². The van der Waals surface area contributed by atoms with Crippen LogP contribution in [0.15, 0.2) is 48.5 Å². The largest absolute Gasteiger partial charge is 0.484 e. The summed E-state index contributed by atoms with van der Waals surface area (Å²) in [6.07, 6.45) is 0.814. The molecular weight excluding hydrogens is 388 g/mol. The maximum Gasteiger partial charge on any atom is 0.260 e. The van der Waals surface area contributed by atoms with Crippen LogP contribution in [-0.4, -0.2) is 48.6 Å². The number of fused-ring (bicyclic) bond motifs is 1. The van der Waals surface area contributed by atoms with E-state index in [1.165, 1.54) is 5.56 Å². The molecule has 3 aromatic rings. The first-order chi connectivity index (χ1) is 15.1. The minimum atomic E-state index is -0.0239. The van der Waals surface area contributed by atoms with Gasteiger partial charge in [-0.15, -0.1) is 0 Å². The van der Waals surface area contributed by atoms with Crippen LogP contribution >= 0.6 is 0 Å². The summed E-state index contributed by atoms with van der Waals surface area (Å²) in [6.45, 7) is 6.80. The van der Waals surface area contributed by atoms with Crippen LogP contribution in [-0.2, 0) is 4.79 Å². The number of amides is 1. The van der Waals surface area contributed by atoms with E-state index in [0.717, 1.165) is 29.4 Å². The molecular formula is C25H26N4O2. The van der Waals surface area contributed by atoms with Crippen molar-refractivity contribution in [2.45, 2.75) is 20.3 Å². The standard InChI is InChI=1S/C25H26N4O2/c1-18-9-10-20-15-21(16-26)25(27-24(20)19(18)2)29-12-6-11-28(13-14-29)23(30)17-31-22-7-4-3-5-8-22/h3-5,7-10,15H,6,11-14,17H2,1-2H3. The minimum Gasteiger partial charge on any atom is -0.484 e. The summed E-state index contributed by atoms with van der Waals surface area (Å²) in [5, 5.41) is 10.7. The van der Waals surface area contributed by atoms with E-state index in [-0.39, 0.29) is 12.5 Å². The average molecular weight is 415 g/mol. The molecule has 31 heavy (non-hydrogen) atoms. The zero-order chi connectivity index (χ0) is 21.8. The summed E-state index contributed by atoms with van der Waals surface area (Å²) in [6, 6.07) is 17.7. The van der Waals surface area contributed by atoms with E-state index in [1.54, 1.807) is 0 Å². The smallest absolute Gasteiger partial charge is 0.260 e. The third kappa shape index (κ3) is 4.46. The van der Waals surface area contributed by atoms with Crippen LogP contribution in [0.25, 0.3) is 10.9 Å². The molecule has 0 unspecified atom stereocenters. The van der Waals surface area contributed by atoms with Gasteiger partial charge in [0.15, 0.2) is 6.61 Å². The number of aromatic nitrogens is 1. The van der Waals surface area contributed by atoms with E-state index in [0.29, 0.717) is 36.8 Å². The Bertz CT molecular complexity index is 1140. The number of rotatable bonds is 4. The number of aryl methyl sites for hydroxylation is 2. The molecule has 4 rings (SSSR count). The van der Waals surface area contributed by atoms with Gasteiger partial charge in [0.05, 0.1) is 11.1 Å². The van der Waals surface area contributed by atoms with Gasteiger partial charge in [-0.2, -0.15) is 5.26 Å². The summed E-state index contributed by atoms with van der Waals surface area (Å²) in [4.78, 5) is 21.5. The molecule has 6 nitrogen and oxygen atoms in total. The van der Waals surface area contributed by atoms with Crippen LogP contribution in [0.2, 0.25) is 0 Å². The van der Waals surface area contributed by atoms with Crippen molar-refractivity contribution >= 4 is 22.6 Å². The van der Waals surface area contributed by atoms with Crippen LogP contribution in [0, 0.1) is 25.2 Å². The highest BCUT2D eigenvalue weighted by atomic mass is 16.5. The highest BCUT2D eigenvalue weighted by molar-refractivity contribution is 5.86. The van der Waals surface area contributed by atoms with E-state index in [1.807, 2.05) is 47.4 Å². The molecule has 0 spiro atoms. The average Bonchev–Trinajstić information content (AvgIpc) is 3.06. The van der Waals surface area contributed by atoms with Crippen molar-refractivity contribution < 1.29 is 9.53 Å². The molecule has 0 atom stereocenters. The van der Waals surface area contributed by atoms with Crippen LogP contribution in [0.1, 0.15) is 23.1 Å². The van der Waals surface area contributed by atoms with Gasteiger partial charge in [0, 0.05) is 31.6 Å². The number of benzene rings is 2. The zero-order valence-electron chi connectivity index (χ0n) is 18.0. The number of carbonyl (C=O) groups is 1. The molecule has 1 aliphatic heterocycles. The van der Waals surface area contributed by atoms with Gasteiger partial charge in [-0.1, -0.05) is 30.3 Å². The van der Waals surface area contributed by atoms with Crippen molar-refractivity contribution in [3.8, 4) is 11.8 Å². The van der Waals surface area contributed by atoms with Gasteiger partial charge in [-0.3, -0.25) is 4.79 Å². The minimum absolute atomic E-state index is 0.0239. The van der Waals surface area contributed by atoms with Crippen LogP contribution in [0.4, 0.5) is 5.82 Å². The normalized spacial score (nSPS) is 14.2. The Morgan fingerprint density at radius 2 is 1.90 bits per heavy atom.